The van der Waals surface area contributed by atoms with Gasteiger partial charge in [0, 0.05) is 20.3 Å². The highest BCUT2D eigenvalue weighted by atomic mass is 16.5. The van der Waals surface area contributed by atoms with Gasteiger partial charge in [-0.3, -0.25) is 0 Å². The zero-order valence-electron chi connectivity index (χ0n) is 9.47. The average Bonchev–Trinajstić information content (AvgIpc) is 2.15. The van der Waals surface area contributed by atoms with E-state index in [0.717, 1.165) is 45.8 Å². The summed E-state index contributed by atoms with van der Waals surface area (Å²) in [6.07, 6.45) is 2.02. The molecular formula is C11H23NO2. The second-order valence-corrected chi connectivity index (χ2v) is 3.42. The zero-order chi connectivity index (χ0) is 10.6. The van der Waals surface area contributed by atoms with E-state index in [4.69, 9.17) is 9.47 Å². The van der Waals surface area contributed by atoms with Gasteiger partial charge in [0.25, 0.3) is 0 Å². The van der Waals surface area contributed by atoms with Crippen LogP contribution in [-0.4, -0.2) is 40.0 Å². The molecule has 0 bridgehead atoms. The largest absolute Gasteiger partial charge is 0.383 e. The molecule has 0 fully saturated rings. The third-order valence-electron chi connectivity index (χ3n) is 1.80. The molecule has 0 spiro atoms. The Balaban J connectivity index is 2.88. The highest BCUT2D eigenvalue weighted by molar-refractivity contribution is 4.86. The van der Waals surface area contributed by atoms with Crippen LogP contribution >= 0.6 is 0 Å². The lowest BCUT2D eigenvalue weighted by atomic mass is 10.3. The van der Waals surface area contributed by atoms with Crippen LogP contribution in [0.4, 0.5) is 0 Å². The molecule has 0 rings (SSSR count). The molecule has 0 aliphatic carbocycles. The van der Waals surface area contributed by atoms with Crippen molar-refractivity contribution in [2.45, 2.75) is 19.8 Å². The quantitative estimate of drug-likeness (QED) is 0.430. The number of hydrogen-bond donors (Lipinski definition) is 1. The van der Waals surface area contributed by atoms with Crippen molar-refractivity contribution < 1.29 is 9.47 Å². The predicted molar refractivity (Wildman–Crippen MR) is 59.6 cm³/mol. The van der Waals surface area contributed by atoms with Crippen molar-refractivity contribution in [2.75, 3.05) is 40.0 Å². The maximum atomic E-state index is 5.42. The molecule has 0 atom stereocenters. The molecule has 0 aromatic rings. The number of rotatable bonds is 10. The molecule has 0 aliphatic rings. The molecule has 0 heterocycles. The first-order valence-corrected chi connectivity index (χ1v) is 5.19. The Labute approximate surface area is 87.5 Å². The van der Waals surface area contributed by atoms with Crippen LogP contribution in [0.15, 0.2) is 12.2 Å². The first-order chi connectivity index (χ1) is 6.77. The fourth-order valence-electron chi connectivity index (χ4n) is 0.947. The standard InChI is InChI=1S/C11H23NO2/c1-11(2)5-9-14-8-4-6-12-7-10-13-3/h12H,1,4-10H2,2-3H3. The van der Waals surface area contributed by atoms with E-state index in [9.17, 15) is 0 Å². The van der Waals surface area contributed by atoms with Gasteiger partial charge in [-0.25, -0.2) is 0 Å². The average molecular weight is 201 g/mol. The van der Waals surface area contributed by atoms with Crippen LogP contribution in [0.25, 0.3) is 0 Å². The summed E-state index contributed by atoms with van der Waals surface area (Å²) in [6.45, 7) is 10.2. The van der Waals surface area contributed by atoms with Crippen LogP contribution in [0, 0.1) is 0 Å². The molecule has 14 heavy (non-hydrogen) atoms. The Kier molecular flexibility index (Phi) is 10.4. The summed E-state index contributed by atoms with van der Waals surface area (Å²) >= 11 is 0. The third-order valence-corrected chi connectivity index (χ3v) is 1.80. The van der Waals surface area contributed by atoms with E-state index < -0.39 is 0 Å². The van der Waals surface area contributed by atoms with Gasteiger partial charge in [0.05, 0.1) is 13.2 Å². The van der Waals surface area contributed by atoms with Gasteiger partial charge in [-0.2, -0.15) is 0 Å². The van der Waals surface area contributed by atoms with Gasteiger partial charge < -0.3 is 14.8 Å². The maximum Gasteiger partial charge on any atom is 0.0587 e. The molecule has 84 valence electrons. The van der Waals surface area contributed by atoms with Crippen molar-refractivity contribution in [3.05, 3.63) is 12.2 Å². The van der Waals surface area contributed by atoms with Gasteiger partial charge in [-0.05, 0) is 26.3 Å². The van der Waals surface area contributed by atoms with Crippen LogP contribution in [0.2, 0.25) is 0 Å². The van der Waals surface area contributed by atoms with E-state index in [-0.39, 0.29) is 0 Å². The van der Waals surface area contributed by atoms with E-state index in [0.29, 0.717) is 0 Å². The molecule has 0 aliphatic heterocycles. The highest BCUT2D eigenvalue weighted by Gasteiger charge is 1.90. The SMILES string of the molecule is C=C(C)CCOCCCNCCOC. The van der Waals surface area contributed by atoms with E-state index in [1.807, 2.05) is 6.92 Å². The molecule has 0 aromatic heterocycles. The smallest absolute Gasteiger partial charge is 0.0587 e. The van der Waals surface area contributed by atoms with Crippen molar-refractivity contribution in [3.63, 3.8) is 0 Å². The monoisotopic (exact) mass is 201 g/mol. The predicted octanol–water partition coefficient (Wildman–Crippen LogP) is 1.60. The first-order valence-electron chi connectivity index (χ1n) is 5.19. The lowest BCUT2D eigenvalue weighted by Gasteiger charge is -2.05. The normalized spacial score (nSPS) is 10.4. The second-order valence-electron chi connectivity index (χ2n) is 3.42. The molecule has 3 heteroatoms. The van der Waals surface area contributed by atoms with Crippen LogP contribution < -0.4 is 5.32 Å². The lowest BCUT2D eigenvalue weighted by molar-refractivity contribution is 0.133. The fourth-order valence-corrected chi connectivity index (χ4v) is 0.947. The highest BCUT2D eigenvalue weighted by Crippen LogP contribution is 1.95. The molecular weight excluding hydrogens is 178 g/mol. The second kappa shape index (κ2) is 10.7. The number of methoxy groups -OCH3 is 1. The van der Waals surface area contributed by atoms with Gasteiger partial charge >= 0.3 is 0 Å². The van der Waals surface area contributed by atoms with Gasteiger partial charge in [-0.15, -0.1) is 6.58 Å². The summed E-state index contributed by atoms with van der Waals surface area (Å²) in [4.78, 5) is 0. The number of hydrogen-bond acceptors (Lipinski definition) is 3. The minimum absolute atomic E-state index is 0.774. The Hall–Kier alpha value is -0.380. The summed E-state index contributed by atoms with van der Waals surface area (Å²) in [5, 5.41) is 3.26. The Bertz CT molecular complexity index is 137. The molecule has 0 saturated heterocycles. The van der Waals surface area contributed by atoms with E-state index in [2.05, 4.69) is 11.9 Å². The molecule has 1 N–H and O–H groups in total. The van der Waals surface area contributed by atoms with Crippen LogP contribution in [0.3, 0.4) is 0 Å². The van der Waals surface area contributed by atoms with E-state index >= 15 is 0 Å². The fraction of sp³-hybridized carbons (Fsp3) is 0.818. The van der Waals surface area contributed by atoms with Crippen LogP contribution in [0.1, 0.15) is 19.8 Å². The van der Waals surface area contributed by atoms with Crippen molar-refractivity contribution >= 4 is 0 Å². The Morgan fingerprint density at radius 1 is 1.21 bits per heavy atom. The summed E-state index contributed by atoms with van der Waals surface area (Å²) in [5.74, 6) is 0. The van der Waals surface area contributed by atoms with Crippen LogP contribution in [-0.2, 0) is 9.47 Å². The number of ether oxygens (including phenoxy) is 2. The topological polar surface area (TPSA) is 30.5 Å². The molecule has 0 amide bonds. The molecule has 0 unspecified atom stereocenters. The van der Waals surface area contributed by atoms with Crippen molar-refractivity contribution in [2.24, 2.45) is 0 Å². The minimum atomic E-state index is 0.774. The third kappa shape index (κ3) is 11.6. The van der Waals surface area contributed by atoms with Gasteiger partial charge in [-0.1, -0.05) is 5.57 Å². The summed E-state index contributed by atoms with van der Waals surface area (Å²) in [5.41, 5.74) is 1.18. The summed E-state index contributed by atoms with van der Waals surface area (Å²) < 4.78 is 10.3. The molecule has 3 nitrogen and oxygen atoms in total. The van der Waals surface area contributed by atoms with Gasteiger partial charge in [0.1, 0.15) is 0 Å². The van der Waals surface area contributed by atoms with Gasteiger partial charge in [0.2, 0.25) is 0 Å². The van der Waals surface area contributed by atoms with E-state index in [1.165, 1.54) is 5.57 Å². The van der Waals surface area contributed by atoms with Crippen molar-refractivity contribution in [1.82, 2.24) is 5.32 Å². The van der Waals surface area contributed by atoms with Crippen molar-refractivity contribution in [1.29, 1.82) is 0 Å². The summed E-state index contributed by atoms with van der Waals surface area (Å²) in [7, 11) is 1.71. The Morgan fingerprint density at radius 2 is 2.00 bits per heavy atom. The summed E-state index contributed by atoms with van der Waals surface area (Å²) in [6, 6.07) is 0. The lowest BCUT2D eigenvalue weighted by Crippen LogP contribution is -2.21. The zero-order valence-corrected chi connectivity index (χ0v) is 9.47. The van der Waals surface area contributed by atoms with Crippen LogP contribution in [0.5, 0.6) is 0 Å². The first kappa shape index (κ1) is 13.6. The molecule has 0 aromatic carbocycles. The van der Waals surface area contributed by atoms with Crippen molar-refractivity contribution in [3.8, 4) is 0 Å². The van der Waals surface area contributed by atoms with Gasteiger partial charge in [0.15, 0.2) is 0 Å². The molecule has 0 radical (unpaired) electrons. The number of nitrogens with one attached hydrogen (secondary N) is 1. The van der Waals surface area contributed by atoms with E-state index in [1.54, 1.807) is 7.11 Å². The maximum absolute atomic E-state index is 5.42. The molecule has 0 saturated carbocycles. The Morgan fingerprint density at radius 3 is 2.64 bits per heavy atom. The minimum Gasteiger partial charge on any atom is -0.383 e.